The molecular formula is C29H29ClF2N6O2. The van der Waals surface area contributed by atoms with Crippen LogP contribution in [-0.2, 0) is 4.79 Å². The first-order valence-corrected chi connectivity index (χ1v) is 13.3. The predicted molar refractivity (Wildman–Crippen MR) is 151 cm³/mol. The number of halogens is 3. The zero-order chi connectivity index (χ0) is 28.7. The Morgan fingerprint density at radius 1 is 1.20 bits per heavy atom. The van der Waals surface area contributed by atoms with Gasteiger partial charge < -0.3 is 14.9 Å². The zero-order valence-corrected chi connectivity index (χ0v) is 23.1. The number of hydrogen-bond donors (Lipinski definition) is 1. The number of anilines is 2. The monoisotopic (exact) mass is 566 g/mol. The predicted octanol–water partition coefficient (Wildman–Crippen LogP) is 5.09. The van der Waals surface area contributed by atoms with Gasteiger partial charge in [-0.1, -0.05) is 50.2 Å². The summed E-state index contributed by atoms with van der Waals surface area (Å²) in [6.45, 7) is 10.9. The molecule has 2 aliphatic heterocycles. The maximum absolute atomic E-state index is 14.8. The van der Waals surface area contributed by atoms with Crippen LogP contribution < -0.4 is 4.90 Å². The highest BCUT2D eigenvalue weighted by atomic mass is 35.5. The third-order valence-corrected chi connectivity index (χ3v) is 7.42. The number of carbonyl (C=O) groups is 1. The molecule has 40 heavy (non-hydrogen) atoms. The van der Waals surface area contributed by atoms with E-state index in [9.17, 15) is 18.7 Å². The molecule has 208 valence electrons. The van der Waals surface area contributed by atoms with Crippen LogP contribution in [0.15, 0.2) is 60.2 Å². The molecule has 1 amide bonds. The van der Waals surface area contributed by atoms with Gasteiger partial charge in [-0.25, -0.2) is 23.7 Å². The van der Waals surface area contributed by atoms with Crippen molar-refractivity contribution in [2.75, 3.05) is 24.5 Å². The van der Waals surface area contributed by atoms with Crippen molar-refractivity contribution in [3.63, 3.8) is 0 Å². The van der Waals surface area contributed by atoms with Crippen molar-refractivity contribution in [3.8, 4) is 11.4 Å². The summed E-state index contributed by atoms with van der Waals surface area (Å²) in [7, 11) is 0. The summed E-state index contributed by atoms with van der Waals surface area (Å²) in [4.78, 5) is 30.8. The fourth-order valence-corrected chi connectivity index (χ4v) is 5.43. The lowest BCUT2D eigenvalue weighted by atomic mass is 9.99. The van der Waals surface area contributed by atoms with Crippen LogP contribution in [0.4, 0.5) is 20.3 Å². The molecule has 2 aromatic heterocycles. The number of para-hydroxylation sites is 1. The number of piperazine rings is 1. The van der Waals surface area contributed by atoms with Gasteiger partial charge in [-0.3, -0.25) is 9.69 Å². The summed E-state index contributed by atoms with van der Waals surface area (Å²) >= 11 is 6.66. The molecule has 1 N–H and O–H groups in total. The smallest absolute Gasteiger partial charge is 0.246 e. The lowest BCUT2D eigenvalue weighted by Crippen LogP contribution is -2.56. The number of amidine groups is 1. The Balaban J connectivity index is 1.68. The molecule has 0 saturated carbocycles. The minimum atomic E-state index is -1.37. The number of carbonyl (C=O) groups excluding carboxylic acids is 1. The van der Waals surface area contributed by atoms with Gasteiger partial charge in [-0.15, -0.1) is 0 Å². The average Bonchev–Trinajstić information content (AvgIpc) is 2.92. The quantitative estimate of drug-likeness (QED) is 0.443. The van der Waals surface area contributed by atoms with Gasteiger partial charge in [0.05, 0.1) is 22.5 Å². The van der Waals surface area contributed by atoms with E-state index in [1.54, 1.807) is 15.9 Å². The van der Waals surface area contributed by atoms with E-state index in [0.717, 1.165) is 17.8 Å². The van der Waals surface area contributed by atoms with Crippen LogP contribution in [0, 0.1) is 11.6 Å². The van der Waals surface area contributed by atoms with Crippen LogP contribution in [0.1, 0.15) is 37.8 Å². The zero-order valence-electron chi connectivity index (χ0n) is 22.4. The Hall–Kier alpha value is -3.89. The van der Waals surface area contributed by atoms with E-state index in [-0.39, 0.29) is 34.3 Å². The number of aliphatic imine (C=N–C) groups is 1. The van der Waals surface area contributed by atoms with Crippen LogP contribution in [-0.4, -0.2) is 68.6 Å². The molecule has 0 aliphatic carbocycles. The van der Waals surface area contributed by atoms with Gasteiger partial charge in [0.25, 0.3) is 0 Å². The minimum absolute atomic E-state index is 0.00726. The van der Waals surface area contributed by atoms with Gasteiger partial charge >= 0.3 is 0 Å². The highest BCUT2D eigenvalue weighted by molar-refractivity contribution is 6.33. The molecule has 8 nitrogen and oxygen atoms in total. The molecule has 1 unspecified atom stereocenters. The fourth-order valence-electron chi connectivity index (χ4n) is 5.19. The van der Waals surface area contributed by atoms with Gasteiger partial charge in [0.15, 0.2) is 5.82 Å². The van der Waals surface area contributed by atoms with Crippen LogP contribution >= 0.6 is 11.6 Å². The maximum Gasteiger partial charge on any atom is 0.246 e. The van der Waals surface area contributed by atoms with Crippen molar-refractivity contribution in [2.45, 2.75) is 39.1 Å². The lowest BCUT2D eigenvalue weighted by Gasteiger charge is -2.44. The number of amides is 1. The van der Waals surface area contributed by atoms with E-state index in [2.05, 4.69) is 16.6 Å². The van der Waals surface area contributed by atoms with E-state index in [1.807, 2.05) is 49.9 Å². The number of aliphatic hydroxyl groups is 1. The van der Waals surface area contributed by atoms with Crippen LogP contribution in [0.3, 0.4) is 0 Å². The standard InChI is InChI=1S/C29H29ClF2N6O2/c1-5-24(39)36-10-11-37(17(4)15-36)27-20-13-21(30)25(26-22(32)12-18(31)14-33-26)34-28(20)38(29(40)35-27)23-9-7-6-8-19(23)16(2)3/h5-9,12-14,16-17,29,40H,1,10-11,15H2,2-4H3/t17-,29?/m0/s1. The first kappa shape index (κ1) is 27.7. The molecule has 11 heteroatoms. The first-order chi connectivity index (χ1) is 19.1. The summed E-state index contributed by atoms with van der Waals surface area (Å²) in [5.41, 5.74) is 1.94. The molecule has 3 aromatic rings. The number of aromatic nitrogens is 2. The molecule has 1 aromatic carbocycles. The van der Waals surface area contributed by atoms with Crippen molar-refractivity contribution < 1.29 is 18.7 Å². The molecule has 5 rings (SSSR count). The summed E-state index contributed by atoms with van der Waals surface area (Å²) in [5, 5.41) is 11.6. The van der Waals surface area contributed by atoms with Crippen molar-refractivity contribution in [1.29, 1.82) is 0 Å². The molecule has 0 bridgehead atoms. The van der Waals surface area contributed by atoms with Crippen molar-refractivity contribution in [1.82, 2.24) is 19.8 Å². The fraction of sp³-hybridized carbons (Fsp3) is 0.310. The molecule has 4 heterocycles. The van der Waals surface area contributed by atoms with E-state index < -0.39 is 18.0 Å². The summed E-state index contributed by atoms with van der Waals surface area (Å²) in [6.07, 6.45) is 0.821. The highest BCUT2D eigenvalue weighted by Gasteiger charge is 2.37. The van der Waals surface area contributed by atoms with E-state index in [0.29, 0.717) is 42.5 Å². The Labute approximate surface area is 236 Å². The number of nitrogens with zero attached hydrogens (tertiary/aromatic N) is 6. The van der Waals surface area contributed by atoms with Crippen LogP contribution in [0.25, 0.3) is 11.4 Å². The van der Waals surface area contributed by atoms with E-state index in [4.69, 9.17) is 16.6 Å². The second-order valence-electron chi connectivity index (χ2n) is 10.1. The second-order valence-corrected chi connectivity index (χ2v) is 10.5. The Morgan fingerprint density at radius 2 is 1.95 bits per heavy atom. The Bertz CT molecular complexity index is 1510. The SMILES string of the molecule is C=CC(=O)N1CCN(C2=NC(O)N(c3ccccc3C(C)C)c3nc(-c4ncc(F)cc4F)c(Cl)cc32)[C@@H](C)C1. The topological polar surface area (TPSA) is 85.2 Å². The normalized spacial score (nSPS) is 19.0. The van der Waals surface area contributed by atoms with Gasteiger partial charge in [0, 0.05) is 31.7 Å². The van der Waals surface area contributed by atoms with E-state index in [1.165, 1.54) is 6.08 Å². The molecular weight excluding hydrogens is 538 g/mol. The van der Waals surface area contributed by atoms with Gasteiger partial charge in [-0.2, -0.15) is 0 Å². The summed E-state index contributed by atoms with van der Waals surface area (Å²) in [6, 6.07) is 9.77. The van der Waals surface area contributed by atoms with Gasteiger partial charge in [0.2, 0.25) is 12.3 Å². The third kappa shape index (κ3) is 4.93. The molecule has 0 radical (unpaired) electrons. The third-order valence-electron chi connectivity index (χ3n) is 7.13. The molecule has 2 atom stereocenters. The largest absolute Gasteiger partial charge is 0.355 e. The first-order valence-electron chi connectivity index (χ1n) is 12.9. The van der Waals surface area contributed by atoms with Crippen molar-refractivity contribution in [3.05, 3.63) is 83.0 Å². The molecule has 1 fully saturated rings. The number of hydrogen-bond acceptors (Lipinski definition) is 7. The number of benzene rings is 1. The summed E-state index contributed by atoms with van der Waals surface area (Å²) in [5.74, 6) is -1.03. The minimum Gasteiger partial charge on any atom is -0.355 e. The average molecular weight is 567 g/mol. The van der Waals surface area contributed by atoms with Crippen molar-refractivity contribution in [2.24, 2.45) is 4.99 Å². The lowest BCUT2D eigenvalue weighted by molar-refractivity contribution is -0.128. The molecule has 2 aliphatic rings. The number of fused-ring (bicyclic) bond motifs is 1. The Kier molecular flexibility index (Phi) is 7.57. The summed E-state index contributed by atoms with van der Waals surface area (Å²) < 4.78 is 28.5. The second kappa shape index (κ2) is 10.9. The maximum atomic E-state index is 14.8. The number of aliphatic hydroxyl groups excluding tert-OH is 1. The van der Waals surface area contributed by atoms with Crippen molar-refractivity contribution >= 4 is 34.8 Å². The number of rotatable bonds is 4. The number of pyridine rings is 2. The Morgan fingerprint density at radius 3 is 2.62 bits per heavy atom. The van der Waals surface area contributed by atoms with Gasteiger partial charge in [-0.05, 0) is 36.6 Å². The molecule has 1 saturated heterocycles. The van der Waals surface area contributed by atoms with Crippen LogP contribution in [0.2, 0.25) is 5.02 Å². The van der Waals surface area contributed by atoms with E-state index >= 15 is 0 Å². The van der Waals surface area contributed by atoms with Crippen LogP contribution in [0.5, 0.6) is 0 Å². The highest BCUT2D eigenvalue weighted by Crippen LogP contribution is 2.41. The van der Waals surface area contributed by atoms with Gasteiger partial charge in [0.1, 0.15) is 28.9 Å². The molecule has 0 spiro atoms.